The van der Waals surface area contributed by atoms with Gasteiger partial charge in [0.25, 0.3) is 0 Å². The lowest BCUT2D eigenvalue weighted by molar-refractivity contribution is 0.349. The first kappa shape index (κ1) is 14.3. The molecule has 0 aliphatic heterocycles. The van der Waals surface area contributed by atoms with E-state index in [0.29, 0.717) is 12.0 Å². The van der Waals surface area contributed by atoms with E-state index in [9.17, 15) is 0 Å². The van der Waals surface area contributed by atoms with E-state index in [4.69, 9.17) is 4.99 Å². The van der Waals surface area contributed by atoms with Crippen molar-refractivity contribution in [2.24, 2.45) is 10.9 Å². The predicted octanol–water partition coefficient (Wildman–Crippen LogP) is 4.26. The van der Waals surface area contributed by atoms with Crippen molar-refractivity contribution >= 4 is 11.4 Å². The van der Waals surface area contributed by atoms with Crippen molar-refractivity contribution in [3.63, 3.8) is 0 Å². The zero-order valence-corrected chi connectivity index (χ0v) is 12.4. The quantitative estimate of drug-likeness (QED) is 0.802. The number of benzene rings is 1. The maximum Gasteiger partial charge on any atom is 0.0658 e. The number of para-hydroxylation sites is 1. The van der Waals surface area contributed by atoms with E-state index in [1.807, 2.05) is 0 Å². The van der Waals surface area contributed by atoms with Gasteiger partial charge in [0, 0.05) is 11.8 Å². The first-order valence-corrected chi connectivity index (χ1v) is 7.55. The second-order valence-corrected chi connectivity index (χ2v) is 5.59. The molecule has 2 rings (SSSR count). The van der Waals surface area contributed by atoms with Crippen LogP contribution < -0.4 is 5.32 Å². The Kier molecular flexibility index (Phi) is 5.15. The summed E-state index contributed by atoms with van der Waals surface area (Å²) >= 11 is 0. The molecule has 2 heteroatoms. The Balaban J connectivity index is 2.17. The molecule has 0 bridgehead atoms. The van der Waals surface area contributed by atoms with E-state index in [1.165, 1.54) is 37.0 Å². The third-order valence-corrected chi connectivity index (χ3v) is 4.30. The number of nitrogens with one attached hydrogen (secondary N) is 1. The van der Waals surface area contributed by atoms with Crippen molar-refractivity contribution in [1.82, 2.24) is 5.32 Å². The fourth-order valence-electron chi connectivity index (χ4n) is 3.06. The summed E-state index contributed by atoms with van der Waals surface area (Å²) in [6.07, 6.45) is 6.25. The molecular formula is C17H26N2. The summed E-state index contributed by atoms with van der Waals surface area (Å²) in [6, 6.07) is 9.10. The predicted molar refractivity (Wildman–Crippen MR) is 83.4 cm³/mol. The van der Waals surface area contributed by atoms with Gasteiger partial charge in [-0.1, -0.05) is 31.5 Å². The molecular weight excluding hydrogens is 232 g/mol. The number of nitrogens with zero attached hydrogens (tertiary/aromatic N) is 1. The fraction of sp³-hybridized carbons (Fsp3) is 0.588. The number of hydrogen-bond acceptors (Lipinski definition) is 2. The van der Waals surface area contributed by atoms with Crippen LogP contribution in [0.15, 0.2) is 29.3 Å². The summed E-state index contributed by atoms with van der Waals surface area (Å²) in [4.78, 5) is 4.96. The van der Waals surface area contributed by atoms with E-state index >= 15 is 0 Å². The lowest BCUT2D eigenvalue weighted by Crippen LogP contribution is -2.34. The highest BCUT2D eigenvalue weighted by Gasteiger charge is 2.24. The first-order chi connectivity index (χ1) is 9.24. The highest BCUT2D eigenvalue weighted by Crippen LogP contribution is 2.28. The molecule has 0 spiro atoms. The minimum Gasteiger partial charge on any atom is -0.317 e. The largest absolute Gasteiger partial charge is 0.317 e. The average molecular weight is 258 g/mol. The first-order valence-electron chi connectivity index (χ1n) is 7.55. The van der Waals surface area contributed by atoms with Gasteiger partial charge in [-0.05, 0) is 57.2 Å². The molecule has 1 saturated carbocycles. The molecule has 0 aromatic heterocycles. The average Bonchev–Trinajstić information content (AvgIpc) is 2.46. The molecule has 0 radical (unpaired) electrons. The molecule has 1 aliphatic rings. The van der Waals surface area contributed by atoms with Gasteiger partial charge in [-0.3, -0.25) is 4.99 Å². The van der Waals surface area contributed by atoms with Crippen molar-refractivity contribution in [3.05, 3.63) is 29.8 Å². The maximum absolute atomic E-state index is 4.96. The zero-order chi connectivity index (χ0) is 13.7. The van der Waals surface area contributed by atoms with Gasteiger partial charge in [0.1, 0.15) is 0 Å². The fourth-order valence-corrected chi connectivity index (χ4v) is 3.06. The van der Waals surface area contributed by atoms with E-state index < -0.39 is 0 Å². The molecule has 2 unspecified atom stereocenters. The minimum atomic E-state index is 0.663. The molecule has 1 N–H and O–H groups in total. The summed E-state index contributed by atoms with van der Waals surface area (Å²) in [6.45, 7) is 4.38. The Bertz CT molecular complexity index is 437. The summed E-state index contributed by atoms with van der Waals surface area (Å²) in [5.74, 6) is 0.663. The molecule has 104 valence electrons. The topological polar surface area (TPSA) is 24.4 Å². The summed E-state index contributed by atoms with van der Waals surface area (Å²) in [7, 11) is 2.08. The molecule has 1 aliphatic carbocycles. The van der Waals surface area contributed by atoms with Gasteiger partial charge < -0.3 is 5.32 Å². The third kappa shape index (κ3) is 3.66. The van der Waals surface area contributed by atoms with Crippen molar-refractivity contribution in [3.8, 4) is 0 Å². The van der Waals surface area contributed by atoms with Crippen LogP contribution in [0.4, 0.5) is 5.69 Å². The maximum atomic E-state index is 4.96. The van der Waals surface area contributed by atoms with Crippen LogP contribution in [0.25, 0.3) is 0 Å². The molecule has 0 amide bonds. The molecule has 19 heavy (non-hydrogen) atoms. The van der Waals surface area contributed by atoms with Gasteiger partial charge in [0.15, 0.2) is 0 Å². The van der Waals surface area contributed by atoms with Gasteiger partial charge in [-0.25, -0.2) is 0 Å². The second-order valence-electron chi connectivity index (χ2n) is 5.59. The highest BCUT2D eigenvalue weighted by molar-refractivity contribution is 5.89. The Morgan fingerprint density at radius 1 is 1.32 bits per heavy atom. The van der Waals surface area contributed by atoms with E-state index in [0.717, 1.165) is 12.1 Å². The summed E-state index contributed by atoms with van der Waals surface area (Å²) in [5, 5.41) is 3.43. The van der Waals surface area contributed by atoms with Gasteiger partial charge in [-0.15, -0.1) is 0 Å². The second kappa shape index (κ2) is 6.85. The molecule has 0 heterocycles. The lowest BCUT2D eigenvalue weighted by Gasteiger charge is -2.29. The number of aryl methyl sites for hydroxylation is 1. The van der Waals surface area contributed by atoms with Gasteiger partial charge in [-0.2, -0.15) is 0 Å². The zero-order valence-electron chi connectivity index (χ0n) is 12.4. The molecule has 1 aromatic rings. The normalized spacial score (nSPS) is 24.5. The van der Waals surface area contributed by atoms with Gasteiger partial charge >= 0.3 is 0 Å². The highest BCUT2D eigenvalue weighted by atomic mass is 14.9. The van der Waals surface area contributed by atoms with Crippen LogP contribution in [0.5, 0.6) is 0 Å². The van der Waals surface area contributed by atoms with E-state index in [-0.39, 0.29) is 0 Å². The van der Waals surface area contributed by atoms with Crippen LogP contribution in [0.3, 0.4) is 0 Å². The number of rotatable bonds is 4. The Morgan fingerprint density at radius 3 is 2.79 bits per heavy atom. The van der Waals surface area contributed by atoms with Crippen LogP contribution in [0.2, 0.25) is 0 Å². The molecule has 2 nitrogen and oxygen atoms in total. The number of aliphatic imine (C=N–C) groups is 1. The van der Waals surface area contributed by atoms with Crippen molar-refractivity contribution < 1.29 is 0 Å². The van der Waals surface area contributed by atoms with Crippen LogP contribution >= 0.6 is 0 Å². The van der Waals surface area contributed by atoms with Crippen LogP contribution in [-0.2, 0) is 0 Å². The SMILES string of the molecule is CCC(=Nc1ccccc1C)C1CCCC(NC)C1. The number of hydrogen-bond donors (Lipinski definition) is 1. The third-order valence-electron chi connectivity index (χ3n) is 4.30. The molecule has 0 saturated heterocycles. The Hall–Kier alpha value is -1.15. The van der Waals surface area contributed by atoms with E-state index in [1.54, 1.807) is 0 Å². The van der Waals surface area contributed by atoms with Crippen molar-refractivity contribution in [2.45, 2.75) is 52.0 Å². The van der Waals surface area contributed by atoms with Gasteiger partial charge in [0.05, 0.1) is 5.69 Å². The van der Waals surface area contributed by atoms with Crippen LogP contribution in [-0.4, -0.2) is 18.8 Å². The smallest absolute Gasteiger partial charge is 0.0658 e. The van der Waals surface area contributed by atoms with Crippen LogP contribution in [0, 0.1) is 12.8 Å². The standard InChI is InChI=1S/C17H26N2/c1-4-16(14-9-7-10-15(12-14)18-3)19-17-11-6-5-8-13(17)2/h5-6,8,11,14-15,18H,4,7,9-10,12H2,1-3H3. The Labute approximate surface area is 117 Å². The van der Waals surface area contributed by atoms with Crippen molar-refractivity contribution in [2.75, 3.05) is 7.05 Å². The summed E-state index contributed by atoms with van der Waals surface area (Å²) in [5.41, 5.74) is 3.80. The van der Waals surface area contributed by atoms with Crippen molar-refractivity contribution in [1.29, 1.82) is 0 Å². The Morgan fingerprint density at radius 2 is 2.11 bits per heavy atom. The lowest BCUT2D eigenvalue weighted by atomic mass is 9.82. The molecule has 1 aromatic carbocycles. The monoisotopic (exact) mass is 258 g/mol. The summed E-state index contributed by atoms with van der Waals surface area (Å²) < 4.78 is 0. The van der Waals surface area contributed by atoms with E-state index in [2.05, 4.69) is 50.5 Å². The minimum absolute atomic E-state index is 0.663. The van der Waals surface area contributed by atoms with Gasteiger partial charge in [0.2, 0.25) is 0 Å². The van der Waals surface area contributed by atoms with Crippen LogP contribution in [0.1, 0.15) is 44.6 Å². The molecule has 1 fully saturated rings. The molecule has 2 atom stereocenters.